The molecule has 0 radical (unpaired) electrons. The molecule has 3 aromatic rings. The quantitative estimate of drug-likeness (QED) is 0.479. The van der Waals surface area contributed by atoms with E-state index in [2.05, 4.69) is 54.9 Å². The molecule has 2 heterocycles. The number of benzene rings is 2. The zero-order valence-corrected chi connectivity index (χ0v) is 21.1. The standard InChI is InChI=1S/C29H35N3O3/c1-21(2)23-11-13-24(14-12-23)28-26-6-5-15-30(26)16-17-32(28)27(33)20-31(18-19-35-4)29(34)25-9-7-22(3)8-10-25/h5-15,21,28H,16-20H2,1-4H3. The zero-order chi connectivity index (χ0) is 24.9. The van der Waals surface area contributed by atoms with Crippen molar-refractivity contribution >= 4 is 11.8 Å². The Balaban J connectivity index is 1.60. The second-order valence-corrected chi connectivity index (χ2v) is 9.52. The van der Waals surface area contributed by atoms with Gasteiger partial charge in [-0.3, -0.25) is 9.59 Å². The lowest BCUT2D eigenvalue weighted by atomic mass is 9.95. The molecule has 0 N–H and O–H groups in total. The first-order valence-electron chi connectivity index (χ1n) is 12.3. The van der Waals surface area contributed by atoms with Crippen molar-refractivity contribution in [3.05, 3.63) is 94.8 Å². The number of hydrogen-bond donors (Lipinski definition) is 0. The lowest BCUT2D eigenvalue weighted by molar-refractivity contribution is -0.134. The Bertz CT molecular complexity index is 1150. The summed E-state index contributed by atoms with van der Waals surface area (Å²) in [4.78, 5) is 30.5. The van der Waals surface area contributed by atoms with Crippen LogP contribution in [-0.4, -0.2) is 59.5 Å². The summed E-state index contributed by atoms with van der Waals surface area (Å²) in [5, 5.41) is 0. The number of methoxy groups -OCH3 is 1. The molecule has 4 rings (SSSR count). The molecule has 1 aliphatic rings. The number of hydrogen-bond acceptors (Lipinski definition) is 3. The van der Waals surface area contributed by atoms with E-state index in [0.29, 0.717) is 31.2 Å². The molecule has 1 unspecified atom stereocenters. The van der Waals surface area contributed by atoms with Gasteiger partial charge in [-0.1, -0.05) is 55.8 Å². The highest BCUT2D eigenvalue weighted by Crippen LogP contribution is 2.33. The Morgan fingerprint density at radius 3 is 2.40 bits per heavy atom. The maximum absolute atomic E-state index is 13.7. The van der Waals surface area contributed by atoms with Crippen LogP contribution in [-0.2, 0) is 16.1 Å². The van der Waals surface area contributed by atoms with Gasteiger partial charge >= 0.3 is 0 Å². The van der Waals surface area contributed by atoms with Crippen LogP contribution in [0.2, 0.25) is 0 Å². The highest BCUT2D eigenvalue weighted by atomic mass is 16.5. The minimum atomic E-state index is -0.189. The van der Waals surface area contributed by atoms with E-state index >= 15 is 0 Å². The molecule has 1 aromatic heterocycles. The molecule has 0 aliphatic carbocycles. The van der Waals surface area contributed by atoms with E-state index in [1.54, 1.807) is 12.0 Å². The number of aryl methyl sites for hydroxylation is 1. The van der Waals surface area contributed by atoms with Gasteiger partial charge in [0, 0.05) is 44.2 Å². The molecule has 1 aliphatic heterocycles. The second kappa shape index (κ2) is 10.9. The summed E-state index contributed by atoms with van der Waals surface area (Å²) < 4.78 is 7.45. The number of amides is 2. The Labute approximate surface area is 208 Å². The molecule has 184 valence electrons. The Hall–Kier alpha value is -3.38. The number of carbonyl (C=O) groups excluding carboxylic acids is 2. The summed E-state index contributed by atoms with van der Waals surface area (Å²) in [5.74, 6) is 0.222. The van der Waals surface area contributed by atoms with Crippen LogP contribution in [0.3, 0.4) is 0 Å². The van der Waals surface area contributed by atoms with Crippen LogP contribution in [0, 0.1) is 6.92 Å². The third kappa shape index (κ3) is 5.49. The predicted octanol–water partition coefficient (Wildman–Crippen LogP) is 4.64. The van der Waals surface area contributed by atoms with Crippen molar-refractivity contribution in [2.45, 2.75) is 39.3 Å². The monoisotopic (exact) mass is 473 g/mol. The van der Waals surface area contributed by atoms with Gasteiger partial charge in [-0.2, -0.15) is 0 Å². The van der Waals surface area contributed by atoms with Crippen LogP contribution >= 0.6 is 0 Å². The van der Waals surface area contributed by atoms with E-state index < -0.39 is 0 Å². The van der Waals surface area contributed by atoms with Crippen molar-refractivity contribution < 1.29 is 14.3 Å². The Kier molecular flexibility index (Phi) is 7.71. The average Bonchev–Trinajstić information content (AvgIpc) is 3.35. The first-order valence-corrected chi connectivity index (χ1v) is 12.3. The molecular formula is C29H35N3O3. The van der Waals surface area contributed by atoms with Gasteiger partial charge in [-0.15, -0.1) is 0 Å². The molecular weight excluding hydrogens is 438 g/mol. The van der Waals surface area contributed by atoms with Crippen molar-refractivity contribution in [2.24, 2.45) is 0 Å². The molecule has 2 aromatic carbocycles. The fourth-order valence-electron chi connectivity index (χ4n) is 4.65. The molecule has 6 nitrogen and oxygen atoms in total. The summed E-state index contributed by atoms with van der Waals surface area (Å²) >= 11 is 0. The smallest absolute Gasteiger partial charge is 0.254 e. The van der Waals surface area contributed by atoms with Gasteiger partial charge in [0.2, 0.25) is 5.91 Å². The largest absolute Gasteiger partial charge is 0.383 e. The van der Waals surface area contributed by atoms with E-state index in [-0.39, 0.29) is 24.4 Å². The van der Waals surface area contributed by atoms with Crippen molar-refractivity contribution in [1.82, 2.24) is 14.4 Å². The summed E-state index contributed by atoms with van der Waals surface area (Å²) in [6.07, 6.45) is 2.07. The Morgan fingerprint density at radius 2 is 1.74 bits per heavy atom. The third-order valence-electron chi connectivity index (χ3n) is 6.75. The van der Waals surface area contributed by atoms with Gasteiger partial charge in [0.15, 0.2) is 0 Å². The van der Waals surface area contributed by atoms with Crippen LogP contribution in [0.25, 0.3) is 0 Å². The molecule has 0 saturated heterocycles. The lowest BCUT2D eigenvalue weighted by Gasteiger charge is -2.38. The maximum atomic E-state index is 13.7. The van der Waals surface area contributed by atoms with Gasteiger partial charge in [0.1, 0.15) is 6.54 Å². The molecule has 2 amide bonds. The molecule has 35 heavy (non-hydrogen) atoms. The van der Waals surface area contributed by atoms with E-state index in [9.17, 15) is 9.59 Å². The minimum Gasteiger partial charge on any atom is -0.383 e. The fourth-order valence-corrected chi connectivity index (χ4v) is 4.65. The number of aromatic nitrogens is 1. The van der Waals surface area contributed by atoms with Crippen molar-refractivity contribution in [3.63, 3.8) is 0 Å². The Morgan fingerprint density at radius 1 is 1.03 bits per heavy atom. The van der Waals surface area contributed by atoms with E-state index in [4.69, 9.17) is 4.74 Å². The summed E-state index contributed by atoms with van der Waals surface area (Å²) in [7, 11) is 1.60. The zero-order valence-electron chi connectivity index (χ0n) is 21.1. The van der Waals surface area contributed by atoms with Crippen LogP contribution in [0.1, 0.15) is 58.5 Å². The van der Waals surface area contributed by atoms with Crippen LogP contribution in [0.5, 0.6) is 0 Å². The van der Waals surface area contributed by atoms with Crippen LogP contribution in [0.4, 0.5) is 0 Å². The minimum absolute atomic E-state index is 0.0113. The van der Waals surface area contributed by atoms with E-state index in [1.165, 1.54) is 5.56 Å². The van der Waals surface area contributed by atoms with Gasteiger partial charge in [-0.25, -0.2) is 0 Å². The first kappa shape index (κ1) is 24.7. The number of rotatable bonds is 8. The van der Waals surface area contributed by atoms with Gasteiger partial charge in [-0.05, 0) is 48.2 Å². The molecule has 0 saturated carbocycles. The number of nitrogens with zero attached hydrogens (tertiary/aromatic N) is 3. The van der Waals surface area contributed by atoms with E-state index in [0.717, 1.165) is 23.4 Å². The second-order valence-electron chi connectivity index (χ2n) is 9.52. The lowest BCUT2D eigenvalue weighted by Crippen LogP contribution is -2.48. The molecule has 1 atom stereocenters. The third-order valence-corrected chi connectivity index (χ3v) is 6.75. The highest BCUT2D eigenvalue weighted by Gasteiger charge is 2.33. The van der Waals surface area contributed by atoms with Crippen LogP contribution in [0.15, 0.2) is 66.9 Å². The molecule has 0 fully saturated rings. The number of carbonyl (C=O) groups is 2. The SMILES string of the molecule is COCCN(CC(=O)N1CCn2cccc2C1c1ccc(C(C)C)cc1)C(=O)c1ccc(C)cc1. The van der Waals surface area contributed by atoms with Crippen molar-refractivity contribution in [3.8, 4) is 0 Å². The van der Waals surface area contributed by atoms with Gasteiger partial charge in [0.25, 0.3) is 5.91 Å². The van der Waals surface area contributed by atoms with Gasteiger partial charge in [0.05, 0.1) is 12.6 Å². The average molecular weight is 474 g/mol. The predicted molar refractivity (Wildman–Crippen MR) is 137 cm³/mol. The fraction of sp³-hybridized carbons (Fsp3) is 0.379. The van der Waals surface area contributed by atoms with E-state index in [1.807, 2.05) is 42.2 Å². The number of ether oxygens (including phenoxy) is 1. The number of fused-ring (bicyclic) bond motifs is 1. The normalized spacial score (nSPS) is 15.2. The summed E-state index contributed by atoms with van der Waals surface area (Å²) in [6.45, 7) is 8.40. The maximum Gasteiger partial charge on any atom is 0.254 e. The highest BCUT2D eigenvalue weighted by molar-refractivity contribution is 5.96. The molecule has 0 bridgehead atoms. The van der Waals surface area contributed by atoms with Gasteiger partial charge < -0.3 is 19.1 Å². The van der Waals surface area contributed by atoms with Crippen LogP contribution < -0.4 is 0 Å². The first-order chi connectivity index (χ1) is 16.9. The van der Waals surface area contributed by atoms with Crippen molar-refractivity contribution in [2.75, 3.05) is 33.4 Å². The molecule has 6 heteroatoms. The summed E-state index contributed by atoms with van der Waals surface area (Å²) in [6, 6.07) is 19.9. The van der Waals surface area contributed by atoms with Crippen molar-refractivity contribution in [1.29, 1.82) is 0 Å². The topological polar surface area (TPSA) is 54.8 Å². The molecule has 0 spiro atoms. The summed E-state index contributed by atoms with van der Waals surface area (Å²) in [5.41, 5.74) is 5.11.